The Balaban J connectivity index is 2.13. The maximum Gasteiger partial charge on any atom is 0.389 e. The maximum atomic E-state index is 12.2. The lowest BCUT2D eigenvalue weighted by Gasteiger charge is -2.18. The molecule has 2 aromatic heterocycles. The first-order valence-corrected chi connectivity index (χ1v) is 8.35. The number of hydrogen-bond acceptors (Lipinski definition) is 4. The summed E-state index contributed by atoms with van der Waals surface area (Å²) < 4.78 is 38.0. The normalized spacial score (nSPS) is 11.5. The van der Waals surface area contributed by atoms with Crippen molar-refractivity contribution in [2.75, 3.05) is 17.2 Å². The molecule has 5 nitrogen and oxygen atoms in total. The standard InChI is InChI=1S/C14H14ClF3N4OS/c1-2-21(13(23)24-7-5-14(16,17)18)11-9-22(20-12(11)15)10-4-3-6-19-8-10/h3-4,6,8-9H,2,5,7H2,1H3. The number of thioether (sulfide) groups is 1. The maximum absolute atomic E-state index is 12.2. The molecule has 24 heavy (non-hydrogen) atoms. The molecule has 0 saturated heterocycles. The fraction of sp³-hybridized carbons (Fsp3) is 0.357. The van der Waals surface area contributed by atoms with Gasteiger partial charge in [-0.25, -0.2) is 4.68 Å². The van der Waals surface area contributed by atoms with Crippen molar-refractivity contribution < 1.29 is 18.0 Å². The highest BCUT2D eigenvalue weighted by molar-refractivity contribution is 8.13. The van der Waals surface area contributed by atoms with Crippen LogP contribution in [-0.2, 0) is 0 Å². The Labute approximate surface area is 145 Å². The van der Waals surface area contributed by atoms with Gasteiger partial charge in [0, 0.05) is 18.5 Å². The summed E-state index contributed by atoms with van der Waals surface area (Å²) in [7, 11) is 0. The van der Waals surface area contributed by atoms with Crippen LogP contribution in [0.5, 0.6) is 0 Å². The van der Waals surface area contributed by atoms with Crippen LogP contribution in [0.1, 0.15) is 13.3 Å². The van der Waals surface area contributed by atoms with E-state index in [1.807, 2.05) is 0 Å². The number of carbonyl (C=O) groups is 1. The first kappa shape index (κ1) is 18.6. The Morgan fingerprint density at radius 3 is 2.79 bits per heavy atom. The van der Waals surface area contributed by atoms with Gasteiger partial charge >= 0.3 is 6.18 Å². The van der Waals surface area contributed by atoms with Crippen LogP contribution in [0.4, 0.5) is 23.7 Å². The molecule has 0 radical (unpaired) electrons. The Hall–Kier alpha value is -1.74. The second kappa shape index (κ2) is 7.89. The van der Waals surface area contributed by atoms with Crippen LogP contribution in [0, 0.1) is 0 Å². The summed E-state index contributed by atoms with van der Waals surface area (Å²) in [5.41, 5.74) is 0.992. The van der Waals surface area contributed by atoms with E-state index in [4.69, 9.17) is 11.6 Å². The molecule has 0 saturated carbocycles. The molecule has 0 unspecified atom stereocenters. The summed E-state index contributed by atoms with van der Waals surface area (Å²) in [4.78, 5) is 17.4. The number of hydrogen-bond donors (Lipinski definition) is 0. The minimum atomic E-state index is -4.28. The Bertz CT molecular complexity index is 693. The summed E-state index contributed by atoms with van der Waals surface area (Å²) in [5, 5.41) is 3.69. The second-order valence-electron chi connectivity index (χ2n) is 4.68. The van der Waals surface area contributed by atoms with Gasteiger partial charge in [0.1, 0.15) is 5.69 Å². The third-order valence-electron chi connectivity index (χ3n) is 3.00. The molecule has 1 amide bonds. The summed E-state index contributed by atoms with van der Waals surface area (Å²) >= 11 is 6.69. The molecule has 2 aromatic rings. The summed E-state index contributed by atoms with van der Waals surface area (Å²) in [6, 6.07) is 3.48. The monoisotopic (exact) mass is 378 g/mol. The molecular formula is C14H14ClF3N4OS. The minimum Gasteiger partial charge on any atom is -0.299 e. The Morgan fingerprint density at radius 1 is 1.46 bits per heavy atom. The number of amides is 1. The average Bonchev–Trinajstić information content (AvgIpc) is 2.90. The highest BCUT2D eigenvalue weighted by Gasteiger charge is 2.28. The van der Waals surface area contributed by atoms with E-state index in [1.165, 1.54) is 9.58 Å². The summed E-state index contributed by atoms with van der Waals surface area (Å²) in [6.07, 6.45) is -0.583. The predicted molar refractivity (Wildman–Crippen MR) is 87.9 cm³/mol. The van der Waals surface area contributed by atoms with Gasteiger partial charge in [0.15, 0.2) is 5.15 Å². The van der Waals surface area contributed by atoms with E-state index in [0.717, 1.165) is 0 Å². The molecule has 0 aliphatic rings. The largest absolute Gasteiger partial charge is 0.389 e. The third-order valence-corrected chi connectivity index (χ3v) is 4.15. The molecule has 0 fully saturated rings. The van der Waals surface area contributed by atoms with Crippen molar-refractivity contribution in [1.29, 1.82) is 0 Å². The van der Waals surface area contributed by atoms with Crippen LogP contribution in [-0.4, -0.2) is 38.5 Å². The summed E-state index contributed by atoms with van der Waals surface area (Å²) in [5.74, 6) is -0.340. The molecule has 0 spiro atoms. The molecule has 2 rings (SSSR count). The molecule has 10 heteroatoms. The van der Waals surface area contributed by atoms with Crippen molar-refractivity contribution >= 4 is 34.3 Å². The van der Waals surface area contributed by atoms with Crippen molar-refractivity contribution in [3.8, 4) is 5.69 Å². The zero-order valence-corrected chi connectivity index (χ0v) is 14.2. The van der Waals surface area contributed by atoms with Gasteiger partial charge in [-0.2, -0.15) is 18.3 Å². The molecule has 0 aromatic carbocycles. The van der Waals surface area contributed by atoms with E-state index in [9.17, 15) is 18.0 Å². The minimum absolute atomic E-state index is 0.0884. The quantitative estimate of drug-likeness (QED) is 0.765. The fourth-order valence-electron chi connectivity index (χ4n) is 1.88. The van der Waals surface area contributed by atoms with Crippen molar-refractivity contribution in [3.05, 3.63) is 35.9 Å². The van der Waals surface area contributed by atoms with Gasteiger partial charge in [-0.1, -0.05) is 23.4 Å². The van der Waals surface area contributed by atoms with Gasteiger partial charge in [-0.05, 0) is 19.1 Å². The third kappa shape index (κ3) is 4.88. The average molecular weight is 379 g/mol. The van der Waals surface area contributed by atoms with E-state index in [1.54, 1.807) is 37.6 Å². The molecule has 0 aliphatic heterocycles. The Morgan fingerprint density at radius 2 is 2.21 bits per heavy atom. The van der Waals surface area contributed by atoms with Crippen LogP contribution in [0.2, 0.25) is 5.15 Å². The first-order valence-electron chi connectivity index (χ1n) is 6.98. The van der Waals surface area contributed by atoms with Crippen molar-refractivity contribution in [3.63, 3.8) is 0 Å². The molecule has 130 valence electrons. The topological polar surface area (TPSA) is 51.0 Å². The van der Waals surface area contributed by atoms with Crippen molar-refractivity contribution in [1.82, 2.24) is 14.8 Å². The van der Waals surface area contributed by atoms with E-state index in [0.29, 0.717) is 23.1 Å². The van der Waals surface area contributed by atoms with E-state index in [-0.39, 0.29) is 17.5 Å². The number of anilines is 1. The number of nitrogens with zero attached hydrogens (tertiary/aromatic N) is 4. The number of alkyl halides is 3. The highest BCUT2D eigenvalue weighted by Crippen LogP contribution is 2.29. The molecule has 0 atom stereocenters. The molecule has 0 N–H and O–H groups in total. The van der Waals surface area contributed by atoms with Gasteiger partial charge in [0.25, 0.3) is 5.24 Å². The molecule has 2 heterocycles. The van der Waals surface area contributed by atoms with Crippen LogP contribution >= 0.6 is 23.4 Å². The molecular weight excluding hydrogens is 365 g/mol. The lowest BCUT2D eigenvalue weighted by Crippen LogP contribution is -2.27. The van der Waals surface area contributed by atoms with Crippen molar-refractivity contribution in [2.24, 2.45) is 0 Å². The number of rotatable bonds is 5. The Kier molecular flexibility index (Phi) is 6.11. The number of aromatic nitrogens is 3. The fourth-order valence-corrected chi connectivity index (χ4v) is 3.00. The lowest BCUT2D eigenvalue weighted by atomic mass is 10.4. The van der Waals surface area contributed by atoms with E-state index in [2.05, 4.69) is 10.1 Å². The van der Waals surface area contributed by atoms with Gasteiger partial charge in [0.05, 0.1) is 24.5 Å². The van der Waals surface area contributed by atoms with Crippen LogP contribution in [0.25, 0.3) is 5.69 Å². The number of halogens is 4. The van der Waals surface area contributed by atoms with E-state index < -0.39 is 17.8 Å². The number of carbonyl (C=O) groups excluding carboxylic acids is 1. The molecule has 0 aliphatic carbocycles. The van der Waals surface area contributed by atoms with Crippen LogP contribution < -0.4 is 4.90 Å². The first-order chi connectivity index (χ1) is 11.3. The van der Waals surface area contributed by atoms with E-state index >= 15 is 0 Å². The SMILES string of the molecule is CCN(C(=O)SCCC(F)(F)F)c1cn(-c2cccnc2)nc1Cl. The zero-order valence-electron chi connectivity index (χ0n) is 12.6. The van der Waals surface area contributed by atoms with Crippen LogP contribution in [0.3, 0.4) is 0 Å². The van der Waals surface area contributed by atoms with Crippen molar-refractivity contribution in [2.45, 2.75) is 19.5 Å². The highest BCUT2D eigenvalue weighted by atomic mass is 35.5. The van der Waals surface area contributed by atoms with Gasteiger partial charge < -0.3 is 0 Å². The van der Waals surface area contributed by atoms with Gasteiger partial charge in [-0.15, -0.1) is 0 Å². The van der Waals surface area contributed by atoms with Gasteiger partial charge in [-0.3, -0.25) is 14.7 Å². The zero-order chi connectivity index (χ0) is 17.7. The van der Waals surface area contributed by atoms with Crippen LogP contribution in [0.15, 0.2) is 30.7 Å². The number of pyridine rings is 1. The van der Waals surface area contributed by atoms with Gasteiger partial charge in [0.2, 0.25) is 0 Å². The second-order valence-corrected chi connectivity index (χ2v) is 6.09. The lowest BCUT2D eigenvalue weighted by molar-refractivity contribution is -0.129. The smallest absolute Gasteiger partial charge is 0.299 e. The molecule has 0 bridgehead atoms. The summed E-state index contributed by atoms with van der Waals surface area (Å²) in [6.45, 7) is 1.97. The predicted octanol–water partition coefficient (Wildman–Crippen LogP) is 4.55.